The van der Waals surface area contributed by atoms with E-state index in [1.165, 1.54) is 0 Å². The number of hydrogen-bond acceptors (Lipinski definition) is 3. The van der Waals surface area contributed by atoms with Crippen LogP contribution in [0.1, 0.15) is 6.92 Å². The summed E-state index contributed by atoms with van der Waals surface area (Å²) in [5, 5.41) is 7.42. The maximum absolute atomic E-state index is 9.00. The quantitative estimate of drug-likeness (QED) is 0.332. The van der Waals surface area contributed by atoms with E-state index in [4.69, 9.17) is 27.4 Å². The van der Waals surface area contributed by atoms with Crippen LogP contribution in [0, 0.1) is 0 Å². The minimum absolute atomic E-state index is 0. The second-order valence-electron chi connectivity index (χ2n) is 0.967. The number of carboxylic acid groups (broad SMARTS) is 1. The van der Waals surface area contributed by atoms with Crippen LogP contribution in [0.15, 0.2) is 0 Å². The van der Waals surface area contributed by atoms with Crippen molar-refractivity contribution in [3.63, 3.8) is 0 Å². The Hall–Kier alpha value is 0.976. The van der Waals surface area contributed by atoms with Crippen molar-refractivity contribution < 1.29 is 27.4 Å². The predicted octanol–water partition coefficient (Wildman–Crippen LogP) is -1.21. The molecule has 0 saturated carbocycles. The average molecular weight is 198 g/mol. The van der Waals surface area contributed by atoms with E-state index in [1.807, 2.05) is 0 Å². The Labute approximate surface area is 101 Å². The van der Waals surface area contributed by atoms with Gasteiger partial charge >= 0.3 is 61.8 Å². The molecule has 0 heterocycles. The zero-order valence-corrected chi connectivity index (χ0v) is 5.29. The predicted molar refractivity (Wildman–Crippen MR) is 34.6 cm³/mol. The molecule has 0 saturated heterocycles. The number of carbonyl (C=O) groups is 1. The summed E-state index contributed by atoms with van der Waals surface area (Å²) in [5.74, 6) is -0.833. The third-order valence-corrected chi connectivity index (χ3v) is 0. The fourth-order valence-corrected chi connectivity index (χ4v) is 0. The monoisotopic (exact) mass is 198 g/mol. The zero-order valence-electron chi connectivity index (χ0n) is 4.47. The average Bonchev–Trinajstić information content (AvgIpc) is 1.19. The summed E-state index contributed by atoms with van der Waals surface area (Å²) in [6, 6.07) is 0. The summed E-state index contributed by atoms with van der Waals surface area (Å²) in [6.07, 6.45) is 0. The molecule has 0 rings (SSSR count). The molecule has 0 atom stereocenters. The topological polar surface area (TPSA) is 112 Å². The van der Waals surface area contributed by atoms with Crippen LogP contribution in [0.2, 0.25) is 0 Å². The molecule has 0 aliphatic rings. The fraction of sp³-hybridized carbons (Fsp3) is 0.500. The van der Waals surface area contributed by atoms with Gasteiger partial charge in [0.25, 0.3) is 5.97 Å². The van der Waals surface area contributed by atoms with Gasteiger partial charge in [-0.1, -0.05) is 0 Å². The van der Waals surface area contributed by atoms with Gasteiger partial charge in [0.1, 0.15) is 0 Å². The minimum atomic E-state index is -4.67. The molecule has 10 heavy (non-hydrogen) atoms. The van der Waals surface area contributed by atoms with Gasteiger partial charge in [0.05, 0.1) is 0 Å². The van der Waals surface area contributed by atoms with Crippen molar-refractivity contribution in [3.05, 3.63) is 0 Å². The van der Waals surface area contributed by atoms with Crippen LogP contribution in [-0.4, -0.2) is 80.0 Å². The molecule has 6 nitrogen and oxygen atoms in total. The van der Waals surface area contributed by atoms with Gasteiger partial charge in [0.15, 0.2) is 0 Å². The van der Waals surface area contributed by atoms with Crippen LogP contribution in [-0.2, 0) is 15.2 Å². The molecule has 0 aromatic carbocycles. The second-order valence-corrected chi connectivity index (χ2v) is 1.86. The Morgan fingerprint density at radius 2 is 1.30 bits per heavy atom. The van der Waals surface area contributed by atoms with Crippen molar-refractivity contribution in [3.8, 4) is 0 Å². The van der Waals surface area contributed by atoms with Crippen molar-refractivity contribution in [1.82, 2.24) is 0 Å². The van der Waals surface area contributed by atoms with E-state index in [9.17, 15) is 0 Å². The van der Waals surface area contributed by atoms with Crippen molar-refractivity contribution in [1.29, 1.82) is 0 Å². The van der Waals surface area contributed by atoms with Gasteiger partial charge in [0, 0.05) is 6.92 Å². The van der Waals surface area contributed by atoms with E-state index in [0.717, 1.165) is 6.92 Å². The third kappa shape index (κ3) is 599. The van der Waals surface area contributed by atoms with Gasteiger partial charge in [-0.2, -0.15) is 8.42 Å². The SMILES string of the molecule is CC(=O)O.O=S(=O)(O)O.[KH]. The van der Waals surface area contributed by atoms with E-state index in [-0.39, 0.29) is 51.4 Å². The Balaban J connectivity index is -0.0000000910. The summed E-state index contributed by atoms with van der Waals surface area (Å²) < 4.78 is 31.6. The van der Waals surface area contributed by atoms with E-state index in [0.29, 0.717) is 0 Å². The molecule has 0 amide bonds. The van der Waals surface area contributed by atoms with Gasteiger partial charge < -0.3 is 5.11 Å². The summed E-state index contributed by atoms with van der Waals surface area (Å²) in [7, 11) is -4.67. The molecule has 58 valence electrons. The van der Waals surface area contributed by atoms with Gasteiger partial charge in [-0.3, -0.25) is 13.9 Å². The molecular weight excluding hydrogens is 191 g/mol. The van der Waals surface area contributed by atoms with E-state index in [1.54, 1.807) is 0 Å². The van der Waals surface area contributed by atoms with Crippen molar-refractivity contribution in [2.45, 2.75) is 6.92 Å². The first-order valence-electron chi connectivity index (χ1n) is 1.63. The van der Waals surface area contributed by atoms with Crippen LogP contribution < -0.4 is 0 Å². The number of aliphatic carboxylic acids is 1. The van der Waals surface area contributed by atoms with Crippen LogP contribution in [0.4, 0.5) is 0 Å². The Morgan fingerprint density at radius 1 is 1.30 bits per heavy atom. The Morgan fingerprint density at radius 3 is 1.30 bits per heavy atom. The molecule has 0 aliphatic heterocycles. The maximum atomic E-state index is 9.00. The van der Waals surface area contributed by atoms with E-state index in [2.05, 4.69) is 0 Å². The second kappa shape index (κ2) is 8.08. The first-order valence-corrected chi connectivity index (χ1v) is 3.02. The molecule has 0 bridgehead atoms. The summed E-state index contributed by atoms with van der Waals surface area (Å²) in [5.41, 5.74) is 0. The van der Waals surface area contributed by atoms with Crippen LogP contribution in [0.3, 0.4) is 0 Å². The molecule has 3 N–H and O–H groups in total. The van der Waals surface area contributed by atoms with E-state index >= 15 is 0 Å². The third-order valence-electron chi connectivity index (χ3n) is 0. The number of hydrogen-bond donors (Lipinski definition) is 3. The number of carboxylic acids is 1. The first kappa shape index (κ1) is 17.2. The van der Waals surface area contributed by atoms with Crippen LogP contribution in [0.5, 0.6) is 0 Å². The van der Waals surface area contributed by atoms with E-state index < -0.39 is 16.4 Å². The zero-order chi connectivity index (χ0) is 8.08. The summed E-state index contributed by atoms with van der Waals surface area (Å²) in [4.78, 5) is 9.00. The van der Waals surface area contributed by atoms with Gasteiger partial charge in [-0.25, -0.2) is 0 Å². The first-order chi connectivity index (χ1) is 3.73. The molecule has 0 aromatic rings. The van der Waals surface area contributed by atoms with Crippen molar-refractivity contribution in [2.75, 3.05) is 0 Å². The molecule has 0 radical (unpaired) electrons. The fourth-order valence-electron chi connectivity index (χ4n) is 0. The molecule has 8 heteroatoms. The Kier molecular flexibility index (Phi) is 13.9. The molecule has 0 aliphatic carbocycles. The van der Waals surface area contributed by atoms with Crippen molar-refractivity contribution in [2.24, 2.45) is 0 Å². The molecule has 0 spiro atoms. The normalized spacial score (nSPS) is 8.30. The standard InChI is InChI=1S/C2H4O2.K.H2O4S.H/c1-2(3)4;;1-5(2,3)4;/h1H3,(H,3,4);;(H2,1,2,3,4);. The summed E-state index contributed by atoms with van der Waals surface area (Å²) in [6.45, 7) is 1.08. The molecule has 0 unspecified atom stereocenters. The van der Waals surface area contributed by atoms with Crippen LogP contribution in [0.25, 0.3) is 0 Å². The summed E-state index contributed by atoms with van der Waals surface area (Å²) >= 11 is 0. The number of rotatable bonds is 0. The molecule has 0 fully saturated rings. The van der Waals surface area contributed by atoms with Gasteiger partial charge in [0.2, 0.25) is 0 Å². The Bertz CT molecular complexity index is 158. The molecule has 0 aromatic heterocycles. The van der Waals surface area contributed by atoms with Gasteiger partial charge in [-0.05, 0) is 0 Å². The van der Waals surface area contributed by atoms with Gasteiger partial charge in [-0.15, -0.1) is 0 Å². The van der Waals surface area contributed by atoms with Crippen LogP contribution >= 0.6 is 0 Å². The molecular formula is C2H7KO6S. The van der Waals surface area contributed by atoms with Crippen molar-refractivity contribution >= 4 is 67.8 Å².